The van der Waals surface area contributed by atoms with Crippen LogP contribution in [-0.2, 0) is 0 Å². The maximum Gasteiger partial charge on any atom is 0.0484 e. The fourth-order valence-corrected chi connectivity index (χ4v) is 2.01. The van der Waals surface area contributed by atoms with Gasteiger partial charge in [-0.2, -0.15) is 0 Å². The zero-order valence-electron chi connectivity index (χ0n) is 6.97. The van der Waals surface area contributed by atoms with Crippen LogP contribution >= 0.6 is 0 Å². The first-order chi connectivity index (χ1) is 5.47. The van der Waals surface area contributed by atoms with Crippen molar-refractivity contribution in [2.45, 2.75) is 18.9 Å². The van der Waals surface area contributed by atoms with Gasteiger partial charge in [-0.3, -0.25) is 4.90 Å². The fraction of sp³-hybridized carbons (Fsp3) is 1.00. The summed E-state index contributed by atoms with van der Waals surface area (Å²) in [4.78, 5) is 2.57. The van der Waals surface area contributed by atoms with Crippen LogP contribution in [-0.4, -0.2) is 43.8 Å². The van der Waals surface area contributed by atoms with Crippen molar-refractivity contribution in [1.29, 1.82) is 0 Å². The summed E-state index contributed by atoms with van der Waals surface area (Å²) in [5, 5.41) is 6.77. The van der Waals surface area contributed by atoms with Crippen LogP contribution in [0.4, 0.5) is 0 Å². The van der Waals surface area contributed by atoms with Gasteiger partial charge in [0, 0.05) is 25.8 Å². The number of piperidine rings is 1. The molecule has 3 heteroatoms. The third kappa shape index (κ3) is 1.72. The van der Waals surface area contributed by atoms with Crippen LogP contribution in [0.2, 0.25) is 0 Å². The Bertz CT molecular complexity index is 115. The highest BCUT2D eigenvalue weighted by Gasteiger charge is 2.22. The molecule has 0 radical (unpaired) electrons. The van der Waals surface area contributed by atoms with Gasteiger partial charge in [-0.05, 0) is 25.9 Å². The van der Waals surface area contributed by atoms with E-state index in [2.05, 4.69) is 15.5 Å². The van der Waals surface area contributed by atoms with Crippen LogP contribution in [0.15, 0.2) is 0 Å². The summed E-state index contributed by atoms with van der Waals surface area (Å²) in [7, 11) is 0. The van der Waals surface area contributed by atoms with Gasteiger partial charge in [0.15, 0.2) is 0 Å². The molecule has 0 unspecified atom stereocenters. The van der Waals surface area contributed by atoms with Gasteiger partial charge in [0.25, 0.3) is 0 Å². The Kier molecular flexibility index (Phi) is 2.41. The Morgan fingerprint density at radius 1 is 1.00 bits per heavy atom. The van der Waals surface area contributed by atoms with Crippen molar-refractivity contribution in [3.63, 3.8) is 0 Å². The Morgan fingerprint density at radius 3 is 2.45 bits per heavy atom. The molecule has 2 N–H and O–H groups in total. The minimum Gasteiger partial charge on any atom is -0.317 e. The summed E-state index contributed by atoms with van der Waals surface area (Å²) < 4.78 is 0. The third-order valence-electron chi connectivity index (χ3n) is 2.72. The molecular formula is C8H17N3. The predicted octanol–water partition coefficient (Wildman–Crippen LogP) is -0.399. The Balaban J connectivity index is 1.82. The summed E-state index contributed by atoms with van der Waals surface area (Å²) in [6, 6.07) is 0.853. The SMILES string of the molecule is C1CC(N2CCNC2)CCN1. The Morgan fingerprint density at radius 2 is 1.82 bits per heavy atom. The van der Waals surface area contributed by atoms with E-state index in [1.807, 2.05) is 0 Å². The quantitative estimate of drug-likeness (QED) is 0.539. The van der Waals surface area contributed by atoms with Gasteiger partial charge in [0.2, 0.25) is 0 Å². The van der Waals surface area contributed by atoms with Crippen molar-refractivity contribution < 1.29 is 0 Å². The molecule has 0 aliphatic carbocycles. The summed E-state index contributed by atoms with van der Waals surface area (Å²) in [6.07, 6.45) is 2.67. The fourth-order valence-electron chi connectivity index (χ4n) is 2.01. The number of nitrogens with one attached hydrogen (secondary N) is 2. The van der Waals surface area contributed by atoms with E-state index in [0.717, 1.165) is 12.7 Å². The molecule has 64 valence electrons. The maximum absolute atomic E-state index is 3.39. The van der Waals surface area contributed by atoms with Gasteiger partial charge < -0.3 is 10.6 Å². The lowest BCUT2D eigenvalue weighted by atomic mass is 10.1. The predicted molar refractivity (Wildman–Crippen MR) is 45.5 cm³/mol. The van der Waals surface area contributed by atoms with E-state index in [4.69, 9.17) is 0 Å². The van der Waals surface area contributed by atoms with Gasteiger partial charge in [-0.15, -0.1) is 0 Å². The normalized spacial score (nSPS) is 29.5. The van der Waals surface area contributed by atoms with Crippen molar-refractivity contribution in [3.8, 4) is 0 Å². The lowest BCUT2D eigenvalue weighted by Gasteiger charge is -2.30. The second-order valence-electron chi connectivity index (χ2n) is 3.45. The molecule has 0 aromatic carbocycles. The zero-order chi connectivity index (χ0) is 7.52. The van der Waals surface area contributed by atoms with Crippen molar-refractivity contribution in [2.75, 3.05) is 32.8 Å². The molecule has 2 fully saturated rings. The van der Waals surface area contributed by atoms with Crippen LogP contribution in [0.1, 0.15) is 12.8 Å². The summed E-state index contributed by atoms with van der Waals surface area (Å²) in [5.74, 6) is 0. The maximum atomic E-state index is 3.39. The highest BCUT2D eigenvalue weighted by molar-refractivity contribution is 4.80. The number of nitrogens with zero attached hydrogens (tertiary/aromatic N) is 1. The molecule has 2 saturated heterocycles. The van der Waals surface area contributed by atoms with E-state index < -0.39 is 0 Å². The van der Waals surface area contributed by atoms with Gasteiger partial charge in [-0.1, -0.05) is 0 Å². The summed E-state index contributed by atoms with van der Waals surface area (Å²) in [5.41, 5.74) is 0. The van der Waals surface area contributed by atoms with E-state index in [0.29, 0.717) is 0 Å². The minimum absolute atomic E-state index is 0.853. The first kappa shape index (κ1) is 7.53. The van der Waals surface area contributed by atoms with E-state index in [1.165, 1.54) is 39.0 Å². The molecular weight excluding hydrogens is 138 g/mol. The zero-order valence-corrected chi connectivity index (χ0v) is 6.97. The smallest absolute Gasteiger partial charge is 0.0484 e. The van der Waals surface area contributed by atoms with Crippen LogP contribution in [0.3, 0.4) is 0 Å². The van der Waals surface area contributed by atoms with Crippen molar-refractivity contribution >= 4 is 0 Å². The lowest BCUT2D eigenvalue weighted by Crippen LogP contribution is -2.42. The largest absolute Gasteiger partial charge is 0.317 e. The first-order valence-electron chi connectivity index (χ1n) is 4.62. The van der Waals surface area contributed by atoms with Crippen LogP contribution in [0.25, 0.3) is 0 Å². The van der Waals surface area contributed by atoms with Crippen LogP contribution < -0.4 is 10.6 Å². The molecule has 0 aromatic heterocycles. The summed E-state index contributed by atoms with van der Waals surface area (Å²) in [6.45, 7) is 5.97. The molecule has 11 heavy (non-hydrogen) atoms. The number of rotatable bonds is 1. The molecule has 0 spiro atoms. The monoisotopic (exact) mass is 155 g/mol. The molecule has 2 rings (SSSR count). The average Bonchev–Trinajstić information content (AvgIpc) is 2.58. The van der Waals surface area contributed by atoms with Crippen LogP contribution in [0.5, 0.6) is 0 Å². The highest BCUT2D eigenvalue weighted by atomic mass is 15.3. The number of hydrogen-bond acceptors (Lipinski definition) is 3. The van der Waals surface area contributed by atoms with E-state index in [1.54, 1.807) is 0 Å². The van der Waals surface area contributed by atoms with Crippen molar-refractivity contribution in [2.24, 2.45) is 0 Å². The van der Waals surface area contributed by atoms with Gasteiger partial charge in [0.1, 0.15) is 0 Å². The molecule has 0 amide bonds. The summed E-state index contributed by atoms with van der Waals surface area (Å²) >= 11 is 0. The molecule has 3 nitrogen and oxygen atoms in total. The van der Waals surface area contributed by atoms with Crippen LogP contribution in [0, 0.1) is 0 Å². The second-order valence-corrected chi connectivity index (χ2v) is 3.45. The molecule has 2 aliphatic heterocycles. The van der Waals surface area contributed by atoms with Crippen molar-refractivity contribution in [1.82, 2.24) is 15.5 Å². The van der Waals surface area contributed by atoms with Gasteiger partial charge in [-0.25, -0.2) is 0 Å². The Hall–Kier alpha value is -0.120. The topological polar surface area (TPSA) is 27.3 Å². The van der Waals surface area contributed by atoms with Gasteiger partial charge in [0.05, 0.1) is 0 Å². The number of hydrogen-bond donors (Lipinski definition) is 2. The lowest BCUT2D eigenvalue weighted by molar-refractivity contribution is 0.197. The molecule has 2 aliphatic rings. The average molecular weight is 155 g/mol. The molecule has 0 atom stereocenters. The van der Waals surface area contributed by atoms with Gasteiger partial charge >= 0.3 is 0 Å². The molecule has 0 aromatic rings. The van der Waals surface area contributed by atoms with E-state index in [-0.39, 0.29) is 0 Å². The highest BCUT2D eigenvalue weighted by Crippen LogP contribution is 2.11. The minimum atomic E-state index is 0.853. The second kappa shape index (κ2) is 3.52. The molecule has 0 bridgehead atoms. The third-order valence-corrected chi connectivity index (χ3v) is 2.72. The van der Waals surface area contributed by atoms with E-state index in [9.17, 15) is 0 Å². The van der Waals surface area contributed by atoms with E-state index >= 15 is 0 Å². The molecule has 0 saturated carbocycles. The van der Waals surface area contributed by atoms with Crippen molar-refractivity contribution in [3.05, 3.63) is 0 Å². The first-order valence-corrected chi connectivity index (χ1v) is 4.62. The standard InChI is InChI=1S/C8H17N3/c1-3-9-4-2-8(1)11-6-5-10-7-11/h8-10H,1-7H2. The Labute approximate surface area is 68.1 Å². The molecule has 2 heterocycles.